The van der Waals surface area contributed by atoms with Crippen LogP contribution in [0.5, 0.6) is 0 Å². The molecule has 0 heterocycles. The Hall–Kier alpha value is -0.200. The summed E-state index contributed by atoms with van der Waals surface area (Å²) in [6.45, 7) is 8.14. The first-order valence-electron chi connectivity index (χ1n) is 3.95. The molecule has 3 heteroatoms. The Morgan fingerprint density at radius 2 is 2.00 bits per heavy atom. The lowest BCUT2D eigenvalue weighted by molar-refractivity contribution is -0.123. The number of carbonyl (C=O) groups is 1. The molecule has 0 saturated carbocycles. The van der Waals surface area contributed by atoms with Gasteiger partial charge in [-0.3, -0.25) is 0 Å². The highest BCUT2D eigenvalue weighted by molar-refractivity contribution is 6.90. The lowest BCUT2D eigenvalue weighted by Gasteiger charge is -2.25. The minimum atomic E-state index is 0.0556. The van der Waals surface area contributed by atoms with Gasteiger partial charge in [0.15, 0.2) is 0 Å². The third-order valence-electron chi connectivity index (χ3n) is 2.10. The normalized spacial score (nSPS) is 14.2. The van der Waals surface area contributed by atoms with E-state index < -0.39 is 0 Å². The number of hydrogen-bond acceptors (Lipinski definition) is 1. The second-order valence-electron chi connectivity index (χ2n) is 3.99. The van der Waals surface area contributed by atoms with E-state index >= 15 is 0 Å². The SMILES string of the molecule is [B][B]CC(=O)C(C)C(C)(C)C. The fourth-order valence-corrected chi connectivity index (χ4v) is 0.776. The van der Waals surface area contributed by atoms with E-state index in [1.54, 1.807) is 0 Å². The summed E-state index contributed by atoms with van der Waals surface area (Å²) in [6.07, 6.45) is 0.387. The van der Waals surface area contributed by atoms with Gasteiger partial charge >= 0.3 is 0 Å². The van der Waals surface area contributed by atoms with E-state index in [1.165, 1.54) is 7.17 Å². The van der Waals surface area contributed by atoms with Crippen molar-refractivity contribution in [1.82, 2.24) is 0 Å². The van der Waals surface area contributed by atoms with Crippen molar-refractivity contribution >= 4 is 20.7 Å². The number of rotatable bonds is 3. The largest absolute Gasteiger partial charge is 0.300 e. The van der Waals surface area contributed by atoms with Gasteiger partial charge in [-0.2, -0.15) is 0 Å². The zero-order chi connectivity index (χ0) is 9.07. The van der Waals surface area contributed by atoms with Crippen LogP contribution in [-0.4, -0.2) is 20.7 Å². The van der Waals surface area contributed by atoms with Gasteiger partial charge in [0.05, 0.1) is 7.17 Å². The molecule has 0 fully saturated rings. The molecular formula is C8H15B2O. The summed E-state index contributed by atoms with van der Waals surface area (Å²) in [5.74, 6) is 0.308. The molecule has 3 radical (unpaired) electrons. The molecule has 1 atom stereocenters. The van der Waals surface area contributed by atoms with Crippen molar-refractivity contribution in [3.63, 3.8) is 0 Å². The minimum Gasteiger partial charge on any atom is -0.300 e. The summed E-state index contributed by atoms with van der Waals surface area (Å²) < 4.78 is 0. The minimum absolute atomic E-state index is 0.0556. The predicted octanol–water partition coefficient (Wildman–Crippen LogP) is 1.44. The van der Waals surface area contributed by atoms with Crippen molar-refractivity contribution in [2.45, 2.75) is 34.0 Å². The van der Waals surface area contributed by atoms with E-state index in [1.807, 2.05) is 6.92 Å². The molecule has 0 aromatic rings. The third-order valence-corrected chi connectivity index (χ3v) is 2.10. The van der Waals surface area contributed by atoms with E-state index in [-0.39, 0.29) is 17.1 Å². The van der Waals surface area contributed by atoms with Crippen molar-refractivity contribution < 1.29 is 4.79 Å². The van der Waals surface area contributed by atoms with E-state index in [4.69, 9.17) is 7.74 Å². The Bertz CT molecular complexity index is 138. The van der Waals surface area contributed by atoms with Gasteiger partial charge in [0.2, 0.25) is 0 Å². The number of Topliss-reactive ketones (excluding diaryl/α,β-unsaturated/α-hetero) is 1. The van der Waals surface area contributed by atoms with Crippen LogP contribution in [0.15, 0.2) is 0 Å². The first-order chi connectivity index (χ1) is 4.89. The summed E-state index contributed by atoms with van der Waals surface area (Å²) in [5, 5.41) is 0. The summed E-state index contributed by atoms with van der Waals surface area (Å²) in [4.78, 5) is 11.3. The molecule has 0 aliphatic carbocycles. The Balaban J connectivity index is 4.03. The Morgan fingerprint density at radius 1 is 1.55 bits per heavy atom. The van der Waals surface area contributed by atoms with Crippen LogP contribution in [0.3, 0.4) is 0 Å². The smallest absolute Gasteiger partial charge is 0.127 e. The first kappa shape index (κ1) is 10.8. The third kappa shape index (κ3) is 3.64. The van der Waals surface area contributed by atoms with Gasteiger partial charge in [-0.25, -0.2) is 0 Å². The summed E-state index contributed by atoms with van der Waals surface area (Å²) in [7, 11) is 6.59. The fourth-order valence-electron chi connectivity index (χ4n) is 0.776. The zero-order valence-corrected chi connectivity index (χ0v) is 7.85. The molecule has 59 valence electrons. The van der Waals surface area contributed by atoms with Crippen LogP contribution >= 0.6 is 0 Å². The second-order valence-corrected chi connectivity index (χ2v) is 3.99. The Labute approximate surface area is 71.6 Å². The van der Waals surface area contributed by atoms with Gasteiger partial charge in [-0.05, 0) is 11.7 Å². The lowest BCUT2D eigenvalue weighted by Crippen LogP contribution is -2.26. The first-order valence-corrected chi connectivity index (χ1v) is 3.95. The molecule has 0 N–H and O–H groups in total. The molecule has 0 spiro atoms. The highest BCUT2D eigenvalue weighted by atomic mass is 16.1. The molecule has 0 aromatic carbocycles. The van der Waals surface area contributed by atoms with E-state index in [0.717, 1.165) is 0 Å². The maximum Gasteiger partial charge on any atom is 0.127 e. The quantitative estimate of drug-likeness (QED) is 0.554. The zero-order valence-electron chi connectivity index (χ0n) is 7.85. The van der Waals surface area contributed by atoms with Crippen LogP contribution in [0.25, 0.3) is 0 Å². The predicted molar refractivity (Wildman–Crippen MR) is 49.9 cm³/mol. The van der Waals surface area contributed by atoms with Crippen molar-refractivity contribution in [3.8, 4) is 0 Å². The highest BCUT2D eigenvalue weighted by Gasteiger charge is 2.25. The van der Waals surface area contributed by atoms with Crippen molar-refractivity contribution in [2.24, 2.45) is 11.3 Å². The molecule has 0 aliphatic rings. The summed E-state index contributed by atoms with van der Waals surface area (Å²) in [6, 6.07) is 0. The standard InChI is InChI=1S/C8H15B2O/c1-6(8(2,3)4)7(11)5-10-9/h6H,5H2,1-4H3. The molecule has 11 heavy (non-hydrogen) atoms. The van der Waals surface area contributed by atoms with Crippen molar-refractivity contribution in [2.75, 3.05) is 0 Å². The number of ketones is 1. The van der Waals surface area contributed by atoms with Crippen LogP contribution in [0.4, 0.5) is 0 Å². The van der Waals surface area contributed by atoms with Crippen molar-refractivity contribution in [1.29, 1.82) is 0 Å². The number of hydrogen-bond donors (Lipinski definition) is 0. The van der Waals surface area contributed by atoms with Gasteiger partial charge in [0, 0.05) is 13.7 Å². The molecular weight excluding hydrogens is 134 g/mol. The topological polar surface area (TPSA) is 17.1 Å². The Morgan fingerprint density at radius 3 is 2.27 bits per heavy atom. The number of carbonyl (C=O) groups excluding carboxylic acids is 1. The van der Waals surface area contributed by atoms with E-state index in [9.17, 15) is 4.79 Å². The van der Waals surface area contributed by atoms with E-state index in [0.29, 0.717) is 6.32 Å². The molecule has 0 amide bonds. The van der Waals surface area contributed by atoms with E-state index in [2.05, 4.69) is 20.8 Å². The molecule has 1 nitrogen and oxygen atoms in total. The fraction of sp³-hybridized carbons (Fsp3) is 0.875. The van der Waals surface area contributed by atoms with Gasteiger partial charge in [-0.1, -0.05) is 27.7 Å². The van der Waals surface area contributed by atoms with Crippen LogP contribution in [0.1, 0.15) is 27.7 Å². The Kier molecular flexibility index (Phi) is 3.91. The maximum absolute atomic E-state index is 11.3. The summed E-state index contributed by atoms with van der Waals surface area (Å²) in [5.41, 5.74) is 0.0556. The van der Waals surface area contributed by atoms with Gasteiger partial charge in [0.25, 0.3) is 0 Å². The monoisotopic (exact) mass is 149 g/mol. The van der Waals surface area contributed by atoms with Gasteiger partial charge in [-0.15, -0.1) is 0 Å². The average Bonchev–Trinajstić information content (AvgIpc) is 1.85. The molecule has 0 aliphatic heterocycles. The molecule has 1 unspecified atom stereocenters. The average molecular weight is 149 g/mol. The van der Waals surface area contributed by atoms with Crippen molar-refractivity contribution in [3.05, 3.63) is 0 Å². The lowest BCUT2D eigenvalue weighted by atomic mass is 9.51. The van der Waals surface area contributed by atoms with Crippen LogP contribution in [0.2, 0.25) is 6.32 Å². The maximum atomic E-state index is 11.3. The van der Waals surface area contributed by atoms with Gasteiger partial charge < -0.3 is 4.79 Å². The van der Waals surface area contributed by atoms with Crippen LogP contribution in [0, 0.1) is 11.3 Å². The summed E-state index contributed by atoms with van der Waals surface area (Å²) >= 11 is 0. The second kappa shape index (κ2) is 3.98. The molecule has 0 saturated heterocycles. The molecule has 0 bridgehead atoms. The molecule has 0 aromatic heterocycles. The van der Waals surface area contributed by atoms with Gasteiger partial charge in [0.1, 0.15) is 5.78 Å². The highest BCUT2D eigenvalue weighted by Crippen LogP contribution is 2.26. The van der Waals surface area contributed by atoms with Crippen LogP contribution in [-0.2, 0) is 4.79 Å². The molecule has 0 rings (SSSR count). The van der Waals surface area contributed by atoms with Crippen LogP contribution < -0.4 is 0 Å².